The highest BCUT2D eigenvalue weighted by molar-refractivity contribution is 9.10. The fourth-order valence-corrected chi connectivity index (χ4v) is 2.60. The minimum Gasteiger partial charge on any atom is -0.194 e. The molecule has 0 aliphatic carbocycles. The molecule has 0 saturated carbocycles. The summed E-state index contributed by atoms with van der Waals surface area (Å²) in [6, 6.07) is 5.43. The van der Waals surface area contributed by atoms with Crippen molar-refractivity contribution in [3.8, 4) is 0 Å². The molecule has 0 fully saturated rings. The van der Waals surface area contributed by atoms with Crippen molar-refractivity contribution in [1.82, 2.24) is 0 Å². The smallest absolute Gasteiger partial charge is 0.194 e. The third-order valence-electron chi connectivity index (χ3n) is 3.60. The maximum Gasteiger partial charge on any atom is 0.382 e. The van der Waals surface area contributed by atoms with Crippen LogP contribution in [0.2, 0.25) is 0 Å². The van der Waals surface area contributed by atoms with Crippen LogP contribution in [0.4, 0.5) is 35.1 Å². The van der Waals surface area contributed by atoms with Gasteiger partial charge in [-0.3, -0.25) is 0 Å². The second-order valence-electron chi connectivity index (χ2n) is 5.31. The van der Waals surface area contributed by atoms with Crippen molar-refractivity contribution in [2.75, 3.05) is 0 Å². The van der Waals surface area contributed by atoms with Crippen molar-refractivity contribution >= 4 is 31.9 Å². The highest BCUT2D eigenvalue weighted by Gasteiger charge is 2.81. The average molecular weight is 512 g/mol. The van der Waals surface area contributed by atoms with E-state index in [-0.39, 0.29) is 8.95 Å². The molecule has 0 atom stereocenters. The van der Waals surface area contributed by atoms with Crippen LogP contribution in [0.3, 0.4) is 0 Å². The van der Waals surface area contributed by atoms with Gasteiger partial charge >= 0.3 is 23.7 Å². The Morgan fingerprint density at radius 1 is 0.462 bits per heavy atom. The first kappa shape index (κ1) is 21.1. The predicted octanol–water partition coefficient (Wildman–Crippen LogP) is 7.37. The normalized spacial score (nSPS) is 13.8. The van der Waals surface area contributed by atoms with Crippen molar-refractivity contribution in [2.45, 2.75) is 23.7 Å². The molecule has 0 radical (unpaired) electrons. The molecule has 0 nitrogen and oxygen atoms in total. The first-order chi connectivity index (χ1) is 11.7. The van der Waals surface area contributed by atoms with Crippen molar-refractivity contribution in [1.29, 1.82) is 0 Å². The zero-order chi connectivity index (χ0) is 20.0. The zero-order valence-electron chi connectivity index (χ0n) is 12.4. The van der Waals surface area contributed by atoms with Crippen LogP contribution in [-0.4, -0.2) is 11.8 Å². The number of hydrogen-bond acceptors (Lipinski definition) is 0. The van der Waals surface area contributed by atoms with Gasteiger partial charge in [0.05, 0.1) is 0 Å². The summed E-state index contributed by atoms with van der Waals surface area (Å²) in [5, 5.41) is 0. The lowest BCUT2D eigenvalue weighted by atomic mass is 9.90. The lowest BCUT2D eigenvalue weighted by Gasteiger charge is -2.37. The van der Waals surface area contributed by atoms with Gasteiger partial charge in [-0.15, -0.1) is 0 Å². The highest BCUT2D eigenvalue weighted by Crippen LogP contribution is 2.59. The number of rotatable bonds is 5. The summed E-state index contributed by atoms with van der Waals surface area (Å²) >= 11 is 5.73. The molecule has 0 unspecified atom stereocenters. The van der Waals surface area contributed by atoms with E-state index in [1.54, 1.807) is 0 Å². The van der Waals surface area contributed by atoms with Gasteiger partial charge in [-0.1, -0.05) is 56.1 Å². The average Bonchev–Trinajstić information content (AvgIpc) is 2.55. The summed E-state index contributed by atoms with van der Waals surface area (Å²) in [7, 11) is 0. The molecule has 2 rings (SSSR count). The first-order valence-electron chi connectivity index (χ1n) is 6.78. The topological polar surface area (TPSA) is 0 Å². The molecule has 0 spiro atoms. The van der Waals surface area contributed by atoms with Gasteiger partial charge in [0.15, 0.2) is 0 Å². The number of halogens is 10. The summed E-state index contributed by atoms with van der Waals surface area (Å²) in [5.41, 5.74) is -3.03. The van der Waals surface area contributed by atoms with E-state index >= 15 is 0 Å². The molecule has 0 aromatic heterocycles. The SMILES string of the molecule is FC(F)(c1ccc(Br)cc1)C(F)(F)C(F)(F)C(F)(F)c1ccc(Br)cc1. The standard InChI is InChI=1S/C16H8Br2F8/c17-11-5-1-9(2-6-11)13(19,20)15(23,24)16(25,26)14(21,22)10-3-7-12(18)8-4-10/h1-8H. The predicted molar refractivity (Wildman–Crippen MR) is 86.0 cm³/mol. The molecule has 2 aromatic rings. The molecule has 0 aliphatic heterocycles. The summed E-state index contributed by atoms with van der Waals surface area (Å²) in [5.74, 6) is -23.8. The summed E-state index contributed by atoms with van der Waals surface area (Å²) in [4.78, 5) is 0. The van der Waals surface area contributed by atoms with Gasteiger partial charge in [-0.05, 0) is 24.3 Å². The quantitative estimate of drug-likeness (QED) is 0.368. The van der Waals surface area contributed by atoms with Crippen LogP contribution >= 0.6 is 31.9 Å². The monoisotopic (exact) mass is 510 g/mol. The Bertz CT molecular complexity index is 702. The Morgan fingerprint density at radius 3 is 0.923 bits per heavy atom. The number of hydrogen-bond donors (Lipinski definition) is 0. The summed E-state index contributed by atoms with van der Waals surface area (Å²) < 4.78 is 113. The van der Waals surface area contributed by atoms with E-state index in [0.717, 1.165) is 24.3 Å². The maximum atomic E-state index is 14.1. The molecule has 2 aromatic carbocycles. The minimum absolute atomic E-state index is 0.215. The Kier molecular flexibility index (Phi) is 5.51. The lowest BCUT2D eigenvalue weighted by molar-refractivity contribution is -0.374. The van der Waals surface area contributed by atoms with Crippen molar-refractivity contribution in [3.05, 3.63) is 68.6 Å². The van der Waals surface area contributed by atoms with E-state index in [4.69, 9.17) is 0 Å². The Balaban J connectivity index is 2.53. The Morgan fingerprint density at radius 2 is 0.692 bits per heavy atom. The molecule has 10 heteroatoms. The van der Waals surface area contributed by atoms with Gasteiger partial charge in [0, 0.05) is 20.1 Å². The molecule has 0 saturated heterocycles. The molecule has 0 amide bonds. The number of alkyl halides is 8. The molecule has 0 N–H and O–H groups in total. The van der Waals surface area contributed by atoms with Gasteiger partial charge in [-0.2, -0.15) is 35.1 Å². The molecular weight excluding hydrogens is 504 g/mol. The van der Waals surface area contributed by atoms with Gasteiger partial charge in [0.25, 0.3) is 0 Å². The van der Waals surface area contributed by atoms with E-state index in [1.165, 1.54) is 0 Å². The van der Waals surface area contributed by atoms with E-state index in [9.17, 15) is 35.1 Å². The maximum absolute atomic E-state index is 14.1. The largest absolute Gasteiger partial charge is 0.382 e. The number of benzene rings is 2. The molecule has 26 heavy (non-hydrogen) atoms. The zero-order valence-corrected chi connectivity index (χ0v) is 15.6. The Hall–Kier alpha value is -1.16. The van der Waals surface area contributed by atoms with Gasteiger partial charge in [0.1, 0.15) is 0 Å². The van der Waals surface area contributed by atoms with E-state index in [1.807, 2.05) is 0 Å². The van der Waals surface area contributed by atoms with Crippen LogP contribution in [0, 0.1) is 0 Å². The first-order valence-corrected chi connectivity index (χ1v) is 8.37. The van der Waals surface area contributed by atoms with Crippen LogP contribution in [0.5, 0.6) is 0 Å². The fraction of sp³-hybridized carbons (Fsp3) is 0.250. The van der Waals surface area contributed by atoms with Gasteiger partial charge in [-0.25, -0.2) is 0 Å². The third-order valence-corrected chi connectivity index (χ3v) is 4.65. The Labute approximate surface area is 159 Å². The van der Waals surface area contributed by atoms with Crippen LogP contribution in [0.25, 0.3) is 0 Å². The molecule has 0 aliphatic rings. The summed E-state index contributed by atoms with van der Waals surface area (Å²) in [6.45, 7) is 0. The fourth-order valence-electron chi connectivity index (χ4n) is 2.08. The molecule has 142 valence electrons. The second kappa shape index (κ2) is 6.78. The van der Waals surface area contributed by atoms with Crippen molar-refractivity contribution < 1.29 is 35.1 Å². The second-order valence-corrected chi connectivity index (χ2v) is 7.14. The van der Waals surface area contributed by atoms with E-state index in [0.29, 0.717) is 24.3 Å². The van der Waals surface area contributed by atoms with Crippen LogP contribution in [0.1, 0.15) is 11.1 Å². The van der Waals surface area contributed by atoms with Crippen molar-refractivity contribution in [3.63, 3.8) is 0 Å². The lowest BCUT2D eigenvalue weighted by Crippen LogP contribution is -2.59. The molecular formula is C16H8Br2F8. The van der Waals surface area contributed by atoms with E-state index < -0.39 is 34.8 Å². The van der Waals surface area contributed by atoms with Crippen LogP contribution in [0.15, 0.2) is 57.5 Å². The molecule has 0 bridgehead atoms. The molecule has 0 heterocycles. The summed E-state index contributed by atoms with van der Waals surface area (Å²) in [6.07, 6.45) is 0. The van der Waals surface area contributed by atoms with Gasteiger partial charge < -0.3 is 0 Å². The van der Waals surface area contributed by atoms with Crippen molar-refractivity contribution in [2.24, 2.45) is 0 Å². The highest BCUT2D eigenvalue weighted by atomic mass is 79.9. The van der Waals surface area contributed by atoms with Gasteiger partial charge in [0.2, 0.25) is 0 Å². The van der Waals surface area contributed by atoms with Crippen LogP contribution in [-0.2, 0) is 11.8 Å². The third kappa shape index (κ3) is 3.26. The van der Waals surface area contributed by atoms with E-state index in [2.05, 4.69) is 31.9 Å². The minimum atomic E-state index is -6.37. The van der Waals surface area contributed by atoms with Crippen LogP contribution < -0.4 is 0 Å².